The molecule has 156 valence electrons. The van der Waals surface area contributed by atoms with E-state index in [1.165, 1.54) is 4.90 Å². The number of rotatable bonds is 5. The molecular weight excluding hydrogens is 384 g/mol. The maximum Gasteiger partial charge on any atom is 0.295 e. The zero-order chi connectivity index (χ0) is 21.3. The number of carbonyl (C=O) groups is 2. The summed E-state index contributed by atoms with van der Waals surface area (Å²) in [6.45, 7) is 1.84. The number of likely N-dealkylation sites (N-methyl/N-ethyl adjacent to an activating group) is 1. The highest BCUT2D eigenvalue weighted by Gasteiger charge is 2.45. The first kappa shape index (κ1) is 20.0. The van der Waals surface area contributed by atoms with Gasteiger partial charge in [0.1, 0.15) is 19.0 Å². The van der Waals surface area contributed by atoms with E-state index in [4.69, 9.17) is 9.47 Å². The summed E-state index contributed by atoms with van der Waals surface area (Å²) in [7, 11) is 3.81. The number of carbonyl (C=O) groups excluding carboxylic acids is 2. The van der Waals surface area contributed by atoms with E-state index in [9.17, 15) is 14.7 Å². The van der Waals surface area contributed by atoms with Crippen LogP contribution in [0.4, 0.5) is 0 Å². The van der Waals surface area contributed by atoms with Crippen LogP contribution in [0.15, 0.2) is 54.1 Å². The van der Waals surface area contributed by atoms with Gasteiger partial charge in [0, 0.05) is 18.7 Å². The lowest BCUT2D eigenvalue weighted by atomic mass is 9.95. The summed E-state index contributed by atoms with van der Waals surface area (Å²) in [6.07, 6.45) is 0. The largest absolute Gasteiger partial charge is 0.507 e. The predicted molar refractivity (Wildman–Crippen MR) is 111 cm³/mol. The van der Waals surface area contributed by atoms with Gasteiger partial charge in [0.15, 0.2) is 11.5 Å². The summed E-state index contributed by atoms with van der Waals surface area (Å²) in [5.41, 5.74) is 1.27. The van der Waals surface area contributed by atoms with Crippen LogP contribution in [0.2, 0.25) is 0 Å². The Hall–Kier alpha value is -3.32. The second-order valence-electron chi connectivity index (χ2n) is 7.56. The maximum atomic E-state index is 13.0. The number of likely N-dealkylation sites (tertiary alicyclic amines) is 1. The molecule has 1 fully saturated rings. The molecule has 1 amide bonds. The Labute approximate surface area is 175 Å². The molecule has 0 aliphatic carbocycles. The zero-order valence-corrected chi connectivity index (χ0v) is 17.0. The normalized spacial score (nSPS) is 20.1. The van der Waals surface area contributed by atoms with Crippen LogP contribution >= 0.6 is 0 Å². The summed E-state index contributed by atoms with van der Waals surface area (Å²) in [5, 5.41) is 11.1. The number of ether oxygens (including phenoxy) is 2. The van der Waals surface area contributed by atoms with Gasteiger partial charge in [0.05, 0.1) is 11.6 Å². The standard InChI is InChI=1S/C23H24N2O5/c1-24(2)10-11-25-20(15-6-4-3-5-7-15)19(22(27)23(25)28)21(26)16-8-9-17-18(14-16)30-13-12-29-17/h3-9,14,20,26H,10-13H2,1-2H3/b21-19+/t20-/m0/s1. The Balaban J connectivity index is 1.81. The van der Waals surface area contributed by atoms with Crippen molar-refractivity contribution in [3.05, 3.63) is 65.2 Å². The van der Waals surface area contributed by atoms with Crippen LogP contribution in [-0.2, 0) is 9.59 Å². The highest BCUT2D eigenvalue weighted by atomic mass is 16.6. The predicted octanol–water partition coefficient (Wildman–Crippen LogP) is 2.44. The lowest BCUT2D eigenvalue weighted by Crippen LogP contribution is -2.35. The van der Waals surface area contributed by atoms with E-state index in [2.05, 4.69) is 0 Å². The van der Waals surface area contributed by atoms with E-state index in [-0.39, 0.29) is 11.3 Å². The Bertz CT molecular complexity index is 1000. The molecular formula is C23H24N2O5. The first-order chi connectivity index (χ1) is 14.5. The van der Waals surface area contributed by atoms with Gasteiger partial charge >= 0.3 is 0 Å². The molecule has 2 aliphatic rings. The summed E-state index contributed by atoms with van der Waals surface area (Å²) in [4.78, 5) is 29.3. The van der Waals surface area contributed by atoms with Crippen molar-refractivity contribution < 1.29 is 24.2 Å². The molecule has 1 atom stereocenters. The molecule has 0 saturated carbocycles. The quantitative estimate of drug-likeness (QED) is 0.465. The number of hydrogen-bond donors (Lipinski definition) is 1. The zero-order valence-electron chi connectivity index (χ0n) is 17.0. The summed E-state index contributed by atoms with van der Waals surface area (Å²) in [6, 6.07) is 13.6. The molecule has 30 heavy (non-hydrogen) atoms. The minimum atomic E-state index is -0.685. The van der Waals surface area contributed by atoms with E-state index in [0.717, 1.165) is 5.56 Å². The molecule has 0 radical (unpaired) electrons. The molecule has 0 bridgehead atoms. The number of benzene rings is 2. The van der Waals surface area contributed by atoms with Gasteiger partial charge < -0.3 is 24.4 Å². The van der Waals surface area contributed by atoms with Gasteiger partial charge in [0.25, 0.3) is 11.7 Å². The van der Waals surface area contributed by atoms with Gasteiger partial charge in [-0.25, -0.2) is 0 Å². The van der Waals surface area contributed by atoms with Crippen LogP contribution in [-0.4, -0.2) is 67.0 Å². The number of ketones is 1. The van der Waals surface area contributed by atoms with Gasteiger partial charge in [-0.15, -0.1) is 0 Å². The van der Waals surface area contributed by atoms with Crippen molar-refractivity contribution in [1.29, 1.82) is 0 Å². The number of hydrogen-bond acceptors (Lipinski definition) is 6. The Morgan fingerprint density at radius 1 is 1.07 bits per heavy atom. The summed E-state index contributed by atoms with van der Waals surface area (Å²) >= 11 is 0. The van der Waals surface area contributed by atoms with Crippen molar-refractivity contribution in [2.75, 3.05) is 40.4 Å². The van der Waals surface area contributed by atoms with Gasteiger partial charge in [0.2, 0.25) is 0 Å². The third-order valence-electron chi connectivity index (χ3n) is 5.26. The van der Waals surface area contributed by atoms with E-state index in [0.29, 0.717) is 43.4 Å². The van der Waals surface area contributed by atoms with E-state index < -0.39 is 17.7 Å². The fraction of sp³-hybridized carbons (Fsp3) is 0.304. The number of amides is 1. The molecule has 0 unspecified atom stereocenters. The molecule has 7 nitrogen and oxygen atoms in total. The van der Waals surface area contributed by atoms with Crippen molar-refractivity contribution in [1.82, 2.24) is 9.80 Å². The fourth-order valence-electron chi connectivity index (χ4n) is 3.75. The van der Waals surface area contributed by atoms with Crippen molar-refractivity contribution in [2.24, 2.45) is 0 Å². The molecule has 1 N–H and O–H groups in total. The van der Waals surface area contributed by atoms with Crippen molar-refractivity contribution in [3.63, 3.8) is 0 Å². The third kappa shape index (κ3) is 3.64. The first-order valence-electron chi connectivity index (χ1n) is 9.85. The van der Waals surface area contributed by atoms with E-state index in [1.54, 1.807) is 18.2 Å². The molecule has 7 heteroatoms. The lowest BCUT2D eigenvalue weighted by molar-refractivity contribution is -0.140. The number of nitrogens with zero attached hydrogens (tertiary/aromatic N) is 2. The van der Waals surface area contributed by atoms with Crippen LogP contribution < -0.4 is 9.47 Å². The molecule has 2 aromatic rings. The lowest BCUT2D eigenvalue weighted by Gasteiger charge is -2.26. The molecule has 0 spiro atoms. The first-order valence-corrected chi connectivity index (χ1v) is 9.85. The average molecular weight is 408 g/mol. The summed E-state index contributed by atoms with van der Waals surface area (Å²) in [5.74, 6) is -0.418. The topological polar surface area (TPSA) is 79.3 Å². The third-order valence-corrected chi connectivity index (χ3v) is 5.26. The highest BCUT2D eigenvalue weighted by Crippen LogP contribution is 2.40. The van der Waals surface area contributed by atoms with Crippen LogP contribution in [0.5, 0.6) is 11.5 Å². The van der Waals surface area contributed by atoms with E-state index in [1.807, 2.05) is 49.3 Å². The highest BCUT2D eigenvalue weighted by molar-refractivity contribution is 6.46. The van der Waals surface area contributed by atoms with Crippen molar-refractivity contribution in [3.8, 4) is 11.5 Å². The molecule has 2 heterocycles. The van der Waals surface area contributed by atoms with Crippen LogP contribution in [0, 0.1) is 0 Å². The van der Waals surface area contributed by atoms with Crippen molar-refractivity contribution >= 4 is 17.4 Å². The Kier molecular flexibility index (Phi) is 5.46. The maximum absolute atomic E-state index is 13.0. The van der Waals surface area contributed by atoms with E-state index >= 15 is 0 Å². The Morgan fingerprint density at radius 2 is 1.77 bits per heavy atom. The molecule has 1 saturated heterocycles. The average Bonchev–Trinajstić information content (AvgIpc) is 3.02. The minimum absolute atomic E-state index is 0.0848. The second-order valence-corrected chi connectivity index (χ2v) is 7.56. The molecule has 2 aromatic carbocycles. The van der Waals surface area contributed by atoms with Crippen LogP contribution in [0.25, 0.3) is 5.76 Å². The van der Waals surface area contributed by atoms with Crippen LogP contribution in [0.3, 0.4) is 0 Å². The molecule has 4 rings (SSSR count). The SMILES string of the molecule is CN(C)CCN1C(=O)C(=O)/C(=C(/O)c2ccc3c(c2)OCCO3)[C@@H]1c1ccccc1. The number of fused-ring (bicyclic) bond motifs is 1. The van der Waals surface area contributed by atoms with Crippen LogP contribution in [0.1, 0.15) is 17.2 Å². The second kappa shape index (κ2) is 8.20. The smallest absolute Gasteiger partial charge is 0.295 e. The van der Waals surface area contributed by atoms with Gasteiger partial charge in [-0.2, -0.15) is 0 Å². The monoisotopic (exact) mass is 408 g/mol. The van der Waals surface area contributed by atoms with Gasteiger partial charge in [-0.05, 0) is 37.9 Å². The van der Waals surface area contributed by atoms with Crippen molar-refractivity contribution in [2.45, 2.75) is 6.04 Å². The number of Topliss-reactive ketones (excluding diaryl/α,β-unsaturated/α-hetero) is 1. The Morgan fingerprint density at radius 3 is 2.47 bits per heavy atom. The van der Waals surface area contributed by atoms with Gasteiger partial charge in [-0.3, -0.25) is 9.59 Å². The minimum Gasteiger partial charge on any atom is -0.507 e. The fourth-order valence-corrected chi connectivity index (χ4v) is 3.75. The molecule has 0 aromatic heterocycles. The number of aliphatic hydroxyl groups excluding tert-OH is 1. The van der Waals surface area contributed by atoms with Gasteiger partial charge in [-0.1, -0.05) is 30.3 Å². The molecule has 2 aliphatic heterocycles. The number of aliphatic hydroxyl groups is 1. The summed E-state index contributed by atoms with van der Waals surface area (Å²) < 4.78 is 11.1.